The third kappa shape index (κ3) is 2.02. The third-order valence-corrected chi connectivity index (χ3v) is 3.40. The molecule has 2 aromatic rings. The second kappa shape index (κ2) is 4.66. The van der Waals surface area contributed by atoms with E-state index in [-0.39, 0.29) is 6.10 Å². The van der Waals surface area contributed by atoms with Gasteiger partial charge in [0.2, 0.25) is 0 Å². The van der Waals surface area contributed by atoms with Gasteiger partial charge in [-0.05, 0) is 29.8 Å². The van der Waals surface area contributed by atoms with Crippen LogP contribution in [0.2, 0.25) is 0 Å². The lowest BCUT2D eigenvalue weighted by molar-refractivity contribution is 0.238. The predicted octanol–water partition coefficient (Wildman–Crippen LogP) is 3.24. The molecule has 0 radical (unpaired) electrons. The number of nitriles is 1. The Labute approximate surface area is 112 Å². The molecule has 19 heavy (non-hydrogen) atoms. The largest absolute Gasteiger partial charge is 0.497 e. The topological polar surface area (TPSA) is 42.2 Å². The molecule has 1 aliphatic heterocycles. The summed E-state index contributed by atoms with van der Waals surface area (Å²) in [5.74, 6) is 1.65. The molecule has 0 fully saturated rings. The quantitative estimate of drug-likeness (QED) is 0.822. The van der Waals surface area contributed by atoms with E-state index in [1.54, 1.807) is 7.11 Å². The Hall–Kier alpha value is -2.47. The van der Waals surface area contributed by atoms with Crippen LogP contribution in [0.3, 0.4) is 0 Å². The Morgan fingerprint density at radius 3 is 2.68 bits per heavy atom. The van der Waals surface area contributed by atoms with Crippen molar-refractivity contribution in [2.75, 3.05) is 7.11 Å². The molecule has 3 heteroatoms. The molecule has 0 spiro atoms. The molecule has 94 valence electrons. The highest BCUT2D eigenvalue weighted by Crippen LogP contribution is 2.38. The monoisotopic (exact) mass is 251 g/mol. The standard InChI is InChI=1S/C16H13NO2/c1-18-13-7-5-11(6-8-13)16-9-14-12(10-17)3-2-4-15(14)19-16/h2-8,16H,9H2,1H3. The van der Waals surface area contributed by atoms with E-state index in [1.165, 1.54) is 0 Å². The normalized spacial score (nSPS) is 16.3. The second-order valence-electron chi connectivity index (χ2n) is 4.48. The van der Waals surface area contributed by atoms with Crippen molar-refractivity contribution in [3.8, 4) is 17.6 Å². The number of nitrogens with zero attached hydrogens (tertiary/aromatic N) is 1. The summed E-state index contributed by atoms with van der Waals surface area (Å²) in [5.41, 5.74) is 2.81. The number of hydrogen-bond acceptors (Lipinski definition) is 3. The minimum absolute atomic E-state index is 0.0181. The van der Waals surface area contributed by atoms with Gasteiger partial charge in [0.05, 0.1) is 18.7 Å². The Kier molecular flexibility index (Phi) is 2.85. The van der Waals surface area contributed by atoms with Crippen LogP contribution in [0.4, 0.5) is 0 Å². The van der Waals surface area contributed by atoms with E-state index in [0.717, 1.165) is 29.0 Å². The van der Waals surface area contributed by atoms with Gasteiger partial charge in [0.25, 0.3) is 0 Å². The molecule has 0 bridgehead atoms. The number of rotatable bonds is 2. The van der Waals surface area contributed by atoms with Crippen LogP contribution in [0.1, 0.15) is 22.8 Å². The van der Waals surface area contributed by atoms with Crippen molar-refractivity contribution in [3.63, 3.8) is 0 Å². The van der Waals surface area contributed by atoms with Crippen molar-refractivity contribution in [2.45, 2.75) is 12.5 Å². The maximum Gasteiger partial charge on any atom is 0.128 e. The Bertz CT molecular complexity index is 641. The average Bonchev–Trinajstić information content (AvgIpc) is 2.91. The molecule has 0 aliphatic carbocycles. The summed E-state index contributed by atoms with van der Waals surface area (Å²) in [6.45, 7) is 0. The van der Waals surface area contributed by atoms with Crippen molar-refractivity contribution in [2.24, 2.45) is 0 Å². The summed E-state index contributed by atoms with van der Waals surface area (Å²) in [7, 11) is 1.65. The van der Waals surface area contributed by atoms with Crippen LogP contribution >= 0.6 is 0 Å². The molecule has 1 aliphatic rings. The minimum Gasteiger partial charge on any atom is -0.497 e. The van der Waals surface area contributed by atoms with Crippen molar-refractivity contribution in [1.82, 2.24) is 0 Å². The lowest BCUT2D eigenvalue weighted by atomic mass is 10.0. The highest BCUT2D eigenvalue weighted by molar-refractivity contribution is 5.50. The van der Waals surface area contributed by atoms with E-state index in [0.29, 0.717) is 5.56 Å². The molecule has 0 saturated carbocycles. The summed E-state index contributed by atoms with van der Waals surface area (Å²) in [6.07, 6.45) is 0.723. The summed E-state index contributed by atoms with van der Waals surface area (Å²) in [4.78, 5) is 0. The molecule has 1 unspecified atom stereocenters. The molecule has 0 aromatic heterocycles. The lowest BCUT2D eigenvalue weighted by Crippen LogP contribution is -2.02. The SMILES string of the molecule is COc1ccc(C2Cc3c(C#N)cccc3O2)cc1. The van der Waals surface area contributed by atoms with Gasteiger partial charge >= 0.3 is 0 Å². The van der Waals surface area contributed by atoms with Crippen molar-refractivity contribution in [3.05, 3.63) is 59.2 Å². The number of hydrogen-bond donors (Lipinski definition) is 0. The first-order valence-corrected chi connectivity index (χ1v) is 6.14. The Morgan fingerprint density at radius 1 is 1.21 bits per heavy atom. The fourth-order valence-corrected chi connectivity index (χ4v) is 2.38. The molecule has 3 rings (SSSR count). The number of benzene rings is 2. The van der Waals surface area contributed by atoms with Crippen molar-refractivity contribution < 1.29 is 9.47 Å². The van der Waals surface area contributed by atoms with Crippen LogP contribution in [0.15, 0.2) is 42.5 Å². The Morgan fingerprint density at radius 2 is 2.00 bits per heavy atom. The first kappa shape index (κ1) is 11.6. The highest BCUT2D eigenvalue weighted by atomic mass is 16.5. The predicted molar refractivity (Wildman–Crippen MR) is 71.2 cm³/mol. The van der Waals surface area contributed by atoms with E-state index in [1.807, 2.05) is 42.5 Å². The molecular weight excluding hydrogens is 238 g/mol. The van der Waals surface area contributed by atoms with Gasteiger partial charge in [-0.2, -0.15) is 5.26 Å². The van der Waals surface area contributed by atoms with Gasteiger partial charge in [-0.25, -0.2) is 0 Å². The molecule has 0 saturated heterocycles. The van der Waals surface area contributed by atoms with Crippen LogP contribution < -0.4 is 9.47 Å². The molecule has 2 aromatic carbocycles. The third-order valence-electron chi connectivity index (χ3n) is 3.40. The fraction of sp³-hybridized carbons (Fsp3) is 0.188. The zero-order valence-corrected chi connectivity index (χ0v) is 10.6. The minimum atomic E-state index is -0.0181. The second-order valence-corrected chi connectivity index (χ2v) is 4.48. The van der Waals surface area contributed by atoms with Gasteiger partial charge in [0.1, 0.15) is 17.6 Å². The van der Waals surface area contributed by atoms with Gasteiger partial charge in [0.15, 0.2) is 0 Å². The average molecular weight is 251 g/mol. The van der Waals surface area contributed by atoms with Crippen molar-refractivity contribution >= 4 is 0 Å². The van der Waals surface area contributed by atoms with Crippen LogP contribution in [-0.2, 0) is 6.42 Å². The van der Waals surface area contributed by atoms with Crippen molar-refractivity contribution in [1.29, 1.82) is 5.26 Å². The Balaban J connectivity index is 1.89. The van der Waals surface area contributed by atoms with E-state index in [2.05, 4.69) is 6.07 Å². The van der Waals surface area contributed by atoms with E-state index >= 15 is 0 Å². The van der Waals surface area contributed by atoms with Crippen LogP contribution in [0, 0.1) is 11.3 Å². The van der Waals surface area contributed by atoms with E-state index in [4.69, 9.17) is 14.7 Å². The number of fused-ring (bicyclic) bond motifs is 1. The van der Waals surface area contributed by atoms with E-state index < -0.39 is 0 Å². The van der Waals surface area contributed by atoms with Crippen LogP contribution in [0.5, 0.6) is 11.5 Å². The number of ether oxygens (including phenoxy) is 2. The molecule has 0 N–H and O–H groups in total. The first-order chi connectivity index (χ1) is 9.31. The van der Waals surface area contributed by atoms with Gasteiger partial charge in [-0.1, -0.05) is 18.2 Å². The molecule has 3 nitrogen and oxygen atoms in total. The molecule has 1 atom stereocenters. The lowest BCUT2D eigenvalue weighted by Gasteiger charge is -2.11. The summed E-state index contributed by atoms with van der Waals surface area (Å²) in [6, 6.07) is 15.7. The summed E-state index contributed by atoms with van der Waals surface area (Å²) < 4.78 is 11.1. The molecule has 1 heterocycles. The zero-order valence-electron chi connectivity index (χ0n) is 10.6. The smallest absolute Gasteiger partial charge is 0.128 e. The van der Waals surface area contributed by atoms with Gasteiger partial charge in [-0.15, -0.1) is 0 Å². The van der Waals surface area contributed by atoms with E-state index in [9.17, 15) is 0 Å². The van der Waals surface area contributed by atoms with Gasteiger partial charge in [-0.3, -0.25) is 0 Å². The summed E-state index contributed by atoms with van der Waals surface area (Å²) in [5, 5.41) is 9.10. The highest BCUT2D eigenvalue weighted by Gasteiger charge is 2.26. The van der Waals surface area contributed by atoms with Crippen LogP contribution in [0.25, 0.3) is 0 Å². The zero-order chi connectivity index (χ0) is 13.2. The summed E-state index contributed by atoms with van der Waals surface area (Å²) >= 11 is 0. The van der Waals surface area contributed by atoms with Gasteiger partial charge in [0, 0.05) is 12.0 Å². The first-order valence-electron chi connectivity index (χ1n) is 6.14. The maximum absolute atomic E-state index is 9.10. The fourth-order valence-electron chi connectivity index (χ4n) is 2.38. The van der Waals surface area contributed by atoms with Gasteiger partial charge < -0.3 is 9.47 Å². The number of methoxy groups -OCH3 is 1. The maximum atomic E-state index is 9.10. The molecular formula is C16H13NO2. The van der Waals surface area contributed by atoms with Crippen LogP contribution in [-0.4, -0.2) is 7.11 Å². The molecule has 0 amide bonds.